The van der Waals surface area contributed by atoms with Crippen molar-refractivity contribution in [3.8, 4) is 0 Å². The Labute approximate surface area is 151 Å². The molecule has 0 spiro atoms. The molecule has 1 N–H and O–H groups in total. The molecule has 0 aliphatic heterocycles. The van der Waals surface area contributed by atoms with E-state index in [4.69, 9.17) is 9.47 Å². The first-order valence-corrected chi connectivity index (χ1v) is 9.23. The van der Waals surface area contributed by atoms with Crippen molar-refractivity contribution in [2.45, 2.75) is 65.0 Å². The second kappa shape index (κ2) is 13.4. The van der Waals surface area contributed by atoms with Crippen LogP contribution in [0.25, 0.3) is 0 Å². The third-order valence-corrected chi connectivity index (χ3v) is 3.89. The quantitative estimate of drug-likeness (QED) is 0.435. The molecule has 0 saturated heterocycles. The van der Waals surface area contributed by atoms with Gasteiger partial charge < -0.3 is 14.8 Å². The molecule has 5 nitrogen and oxygen atoms in total. The van der Waals surface area contributed by atoms with E-state index in [2.05, 4.69) is 5.32 Å². The number of ether oxygens (including phenoxy) is 2. The highest BCUT2D eigenvalue weighted by atomic mass is 16.5. The average molecular weight is 349 g/mol. The van der Waals surface area contributed by atoms with Crippen molar-refractivity contribution in [3.63, 3.8) is 0 Å². The van der Waals surface area contributed by atoms with E-state index in [1.807, 2.05) is 44.2 Å². The molecule has 0 fully saturated rings. The highest BCUT2D eigenvalue weighted by Crippen LogP contribution is 2.06. The monoisotopic (exact) mass is 349 g/mol. The van der Waals surface area contributed by atoms with Crippen LogP contribution in [0.4, 0.5) is 0 Å². The van der Waals surface area contributed by atoms with Gasteiger partial charge in [-0.05, 0) is 38.8 Å². The number of rotatable bonds is 13. The van der Waals surface area contributed by atoms with Crippen molar-refractivity contribution < 1.29 is 19.1 Å². The molecule has 0 saturated carbocycles. The van der Waals surface area contributed by atoms with Crippen molar-refractivity contribution in [1.82, 2.24) is 5.32 Å². The predicted molar refractivity (Wildman–Crippen MR) is 98.0 cm³/mol. The van der Waals surface area contributed by atoms with Gasteiger partial charge in [0.15, 0.2) is 0 Å². The zero-order valence-corrected chi connectivity index (χ0v) is 15.5. The fourth-order valence-electron chi connectivity index (χ4n) is 2.41. The van der Waals surface area contributed by atoms with E-state index in [1.54, 1.807) is 0 Å². The number of carbonyl (C=O) groups excluding carboxylic acids is 2. The van der Waals surface area contributed by atoms with Gasteiger partial charge in [0, 0.05) is 6.42 Å². The van der Waals surface area contributed by atoms with Crippen molar-refractivity contribution >= 4 is 11.9 Å². The Hall–Kier alpha value is -1.88. The van der Waals surface area contributed by atoms with Crippen LogP contribution in [0.1, 0.15) is 57.9 Å². The average Bonchev–Trinajstić information content (AvgIpc) is 2.62. The second-order valence-corrected chi connectivity index (χ2v) is 6.09. The van der Waals surface area contributed by atoms with Crippen LogP contribution in [0.3, 0.4) is 0 Å². The molecule has 140 valence electrons. The van der Waals surface area contributed by atoms with Crippen LogP contribution in [0.2, 0.25) is 0 Å². The molecule has 0 bridgehead atoms. The van der Waals surface area contributed by atoms with Gasteiger partial charge in [0.1, 0.15) is 12.6 Å². The normalized spacial score (nSPS) is 11.8. The summed E-state index contributed by atoms with van der Waals surface area (Å²) in [5.41, 5.74) is 0.992. The summed E-state index contributed by atoms with van der Waals surface area (Å²) in [6.45, 7) is 5.21. The SMILES string of the molecule is CCOC(=O)CCCCCCCN[C@@H](C)C(=O)OCc1ccccc1. The largest absolute Gasteiger partial charge is 0.466 e. The van der Waals surface area contributed by atoms with Gasteiger partial charge in [-0.25, -0.2) is 0 Å². The summed E-state index contributed by atoms with van der Waals surface area (Å²) in [6, 6.07) is 9.37. The van der Waals surface area contributed by atoms with E-state index >= 15 is 0 Å². The van der Waals surface area contributed by atoms with Crippen LogP contribution in [0.5, 0.6) is 0 Å². The standard InChI is InChI=1S/C20H31NO4/c1-3-24-19(22)14-10-5-4-6-11-15-21-17(2)20(23)25-16-18-12-8-7-9-13-18/h7-9,12-13,17,21H,3-6,10-11,14-16H2,1-2H3/t17-/m0/s1. The Kier molecular flexibility index (Phi) is 11.4. The zero-order chi connectivity index (χ0) is 18.3. The summed E-state index contributed by atoms with van der Waals surface area (Å²) >= 11 is 0. The zero-order valence-electron chi connectivity index (χ0n) is 15.5. The lowest BCUT2D eigenvalue weighted by Gasteiger charge is -2.13. The molecule has 0 heterocycles. The fourth-order valence-corrected chi connectivity index (χ4v) is 2.41. The minimum atomic E-state index is -0.299. The molecule has 0 aromatic heterocycles. The first-order valence-electron chi connectivity index (χ1n) is 9.23. The number of nitrogens with one attached hydrogen (secondary N) is 1. The second-order valence-electron chi connectivity index (χ2n) is 6.09. The maximum Gasteiger partial charge on any atom is 0.323 e. The molecule has 5 heteroatoms. The van der Waals surface area contributed by atoms with Crippen LogP contribution in [0, 0.1) is 0 Å². The molecule has 1 aromatic carbocycles. The van der Waals surface area contributed by atoms with E-state index in [9.17, 15) is 9.59 Å². The molecule has 1 aromatic rings. The van der Waals surface area contributed by atoms with Gasteiger partial charge in [-0.2, -0.15) is 0 Å². The summed E-state index contributed by atoms with van der Waals surface area (Å²) in [4.78, 5) is 23.1. The van der Waals surface area contributed by atoms with Gasteiger partial charge in [0.2, 0.25) is 0 Å². The molecule has 0 aliphatic rings. The number of unbranched alkanes of at least 4 members (excludes halogenated alkanes) is 4. The molecular formula is C20H31NO4. The summed E-state index contributed by atoms with van der Waals surface area (Å²) in [5.74, 6) is -0.328. The summed E-state index contributed by atoms with van der Waals surface area (Å²) in [6.07, 6.45) is 5.61. The Morgan fingerprint density at radius 1 is 1.00 bits per heavy atom. The third-order valence-electron chi connectivity index (χ3n) is 3.89. The Morgan fingerprint density at radius 3 is 2.40 bits per heavy atom. The lowest BCUT2D eigenvalue weighted by atomic mass is 10.1. The first kappa shape index (κ1) is 21.2. The van der Waals surface area contributed by atoms with Crippen molar-refractivity contribution in [1.29, 1.82) is 0 Å². The predicted octanol–water partition coefficient (Wildman–Crippen LogP) is 3.61. The van der Waals surface area contributed by atoms with Crippen LogP contribution < -0.4 is 5.32 Å². The number of benzene rings is 1. The van der Waals surface area contributed by atoms with E-state index in [1.165, 1.54) is 0 Å². The molecule has 25 heavy (non-hydrogen) atoms. The Morgan fingerprint density at radius 2 is 1.68 bits per heavy atom. The molecule has 1 rings (SSSR count). The van der Waals surface area contributed by atoms with Crippen molar-refractivity contribution in [2.24, 2.45) is 0 Å². The van der Waals surface area contributed by atoms with Gasteiger partial charge in [-0.3, -0.25) is 9.59 Å². The number of esters is 2. The van der Waals surface area contributed by atoms with Crippen LogP contribution >= 0.6 is 0 Å². The Bertz CT molecular complexity index is 490. The fraction of sp³-hybridized carbons (Fsp3) is 0.600. The minimum Gasteiger partial charge on any atom is -0.466 e. The number of hydrogen-bond donors (Lipinski definition) is 1. The summed E-state index contributed by atoms with van der Waals surface area (Å²) in [7, 11) is 0. The van der Waals surface area contributed by atoms with Crippen LogP contribution in [-0.2, 0) is 25.7 Å². The van der Waals surface area contributed by atoms with E-state index in [0.717, 1.165) is 44.2 Å². The topological polar surface area (TPSA) is 64.6 Å². The van der Waals surface area contributed by atoms with Crippen LogP contribution in [-0.4, -0.2) is 31.1 Å². The Balaban J connectivity index is 1.98. The van der Waals surface area contributed by atoms with Crippen molar-refractivity contribution in [2.75, 3.05) is 13.2 Å². The molecule has 1 atom stereocenters. The number of hydrogen-bond acceptors (Lipinski definition) is 5. The maximum atomic E-state index is 11.9. The third kappa shape index (κ3) is 10.6. The van der Waals surface area contributed by atoms with Gasteiger partial charge in [-0.1, -0.05) is 49.6 Å². The molecule has 0 unspecified atom stereocenters. The molecule has 0 radical (unpaired) electrons. The van der Waals surface area contributed by atoms with Crippen molar-refractivity contribution in [3.05, 3.63) is 35.9 Å². The molecule has 0 aliphatic carbocycles. The smallest absolute Gasteiger partial charge is 0.323 e. The lowest BCUT2D eigenvalue weighted by Crippen LogP contribution is -2.35. The molecule has 0 amide bonds. The van der Waals surface area contributed by atoms with E-state index in [0.29, 0.717) is 19.6 Å². The maximum absolute atomic E-state index is 11.9. The summed E-state index contributed by atoms with van der Waals surface area (Å²) in [5, 5.41) is 3.20. The van der Waals surface area contributed by atoms with E-state index < -0.39 is 0 Å². The van der Waals surface area contributed by atoms with Crippen LogP contribution in [0.15, 0.2) is 30.3 Å². The van der Waals surface area contributed by atoms with E-state index in [-0.39, 0.29) is 18.0 Å². The van der Waals surface area contributed by atoms with Gasteiger partial charge >= 0.3 is 11.9 Å². The van der Waals surface area contributed by atoms with Gasteiger partial charge in [0.25, 0.3) is 0 Å². The summed E-state index contributed by atoms with van der Waals surface area (Å²) < 4.78 is 10.2. The highest BCUT2D eigenvalue weighted by molar-refractivity contribution is 5.75. The van der Waals surface area contributed by atoms with Gasteiger partial charge in [0.05, 0.1) is 6.61 Å². The van der Waals surface area contributed by atoms with Gasteiger partial charge in [-0.15, -0.1) is 0 Å². The minimum absolute atomic E-state index is 0.105. The molecular weight excluding hydrogens is 318 g/mol. The first-order chi connectivity index (χ1) is 12.1. The number of carbonyl (C=O) groups is 2. The lowest BCUT2D eigenvalue weighted by molar-refractivity contribution is -0.147. The highest BCUT2D eigenvalue weighted by Gasteiger charge is 2.13.